The smallest absolute Gasteiger partial charge is 0.280 e. The fraction of sp³-hybridized carbons (Fsp3) is 0.194. The van der Waals surface area contributed by atoms with E-state index in [1.807, 2.05) is 66.7 Å². The second-order valence-electron chi connectivity index (χ2n) is 9.79. The Kier molecular flexibility index (Phi) is 7.06. The van der Waals surface area contributed by atoms with Crippen molar-refractivity contribution in [2.45, 2.75) is 32.2 Å². The first-order chi connectivity index (χ1) is 18.9. The van der Waals surface area contributed by atoms with Crippen molar-refractivity contribution in [1.82, 2.24) is 10.2 Å². The molecule has 4 aromatic rings. The van der Waals surface area contributed by atoms with E-state index >= 15 is 0 Å². The highest BCUT2D eigenvalue weighted by Crippen LogP contribution is 2.46. The van der Waals surface area contributed by atoms with Crippen LogP contribution in [0.2, 0.25) is 15.1 Å². The van der Waals surface area contributed by atoms with Crippen molar-refractivity contribution in [3.63, 3.8) is 0 Å². The molecule has 0 spiro atoms. The minimum absolute atomic E-state index is 0.0337. The number of nitrogens with zero attached hydrogens (tertiary/aromatic N) is 3. The lowest BCUT2D eigenvalue weighted by molar-refractivity contribution is 0.0679. The summed E-state index contributed by atoms with van der Waals surface area (Å²) in [7, 11) is 0. The SMILES string of the molecule is Cc1onc(-c2ccccc2Cl)c1C(=O)N1N=C2/C(=C\c3ccc(Cl)cc3)CCCC2C1c1ccc(Cl)cc1. The average Bonchev–Trinajstić information content (AvgIpc) is 3.52. The number of allylic oxidation sites excluding steroid dienone is 1. The first kappa shape index (κ1) is 25.9. The molecule has 1 aliphatic heterocycles. The van der Waals surface area contributed by atoms with Gasteiger partial charge in [0.1, 0.15) is 17.0 Å². The van der Waals surface area contributed by atoms with Gasteiger partial charge in [-0.25, -0.2) is 5.01 Å². The molecule has 0 N–H and O–H groups in total. The van der Waals surface area contributed by atoms with Crippen molar-refractivity contribution in [1.29, 1.82) is 0 Å². The Bertz CT molecular complexity index is 1610. The summed E-state index contributed by atoms with van der Waals surface area (Å²) in [4.78, 5) is 14.3. The highest BCUT2D eigenvalue weighted by molar-refractivity contribution is 6.33. The molecule has 2 aliphatic rings. The van der Waals surface area contributed by atoms with Gasteiger partial charge in [-0.15, -0.1) is 0 Å². The number of halogens is 3. The van der Waals surface area contributed by atoms with Crippen molar-refractivity contribution in [2.24, 2.45) is 11.0 Å². The van der Waals surface area contributed by atoms with Gasteiger partial charge in [0.2, 0.25) is 0 Å². The van der Waals surface area contributed by atoms with Gasteiger partial charge >= 0.3 is 0 Å². The molecule has 1 aliphatic carbocycles. The van der Waals surface area contributed by atoms with E-state index in [4.69, 9.17) is 44.4 Å². The number of benzene rings is 3. The Morgan fingerprint density at radius 2 is 1.67 bits per heavy atom. The van der Waals surface area contributed by atoms with E-state index in [0.717, 1.165) is 41.7 Å². The van der Waals surface area contributed by atoms with Crippen molar-refractivity contribution in [3.05, 3.63) is 116 Å². The van der Waals surface area contributed by atoms with E-state index in [9.17, 15) is 4.79 Å². The van der Waals surface area contributed by atoms with Gasteiger partial charge in [0, 0.05) is 21.5 Å². The number of amides is 1. The van der Waals surface area contributed by atoms with Gasteiger partial charge in [0.15, 0.2) is 0 Å². The first-order valence-electron chi connectivity index (χ1n) is 12.8. The molecule has 6 rings (SSSR count). The van der Waals surface area contributed by atoms with E-state index in [2.05, 4.69) is 11.2 Å². The number of carbonyl (C=O) groups is 1. The van der Waals surface area contributed by atoms with Crippen LogP contribution in [0.3, 0.4) is 0 Å². The second-order valence-corrected chi connectivity index (χ2v) is 11.1. The third kappa shape index (κ3) is 4.91. The highest BCUT2D eigenvalue weighted by atomic mass is 35.5. The van der Waals surface area contributed by atoms with Crippen LogP contribution < -0.4 is 0 Å². The monoisotopic (exact) mass is 575 g/mol. The average molecular weight is 577 g/mol. The molecule has 196 valence electrons. The number of hydrazone groups is 1. The Balaban J connectivity index is 1.47. The van der Waals surface area contributed by atoms with Crippen molar-refractivity contribution in [3.8, 4) is 11.3 Å². The maximum atomic E-state index is 14.3. The number of hydrogen-bond donors (Lipinski definition) is 0. The number of aromatic nitrogens is 1. The van der Waals surface area contributed by atoms with Crippen LogP contribution >= 0.6 is 34.8 Å². The van der Waals surface area contributed by atoms with Gasteiger partial charge in [-0.1, -0.05) is 82.4 Å². The van der Waals surface area contributed by atoms with E-state index in [1.165, 1.54) is 0 Å². The minimum Gasteiger partial charge on any atom is -0.360 e. The molecule has 1 amide bonds. The van der Waals surface area contributed by atoms with Crippen LogP contribution in [0.4, 0.5) is 0 Å². The van der Waals surface area contributed by atoms with Crippen molar-refractivity contribution >= 4 is 52.5 Å². The molecule has 0 bridgehead atoms. The van der Waals surface area contributed by atoms with Crippen LogP contribution in [0.5, 0.6) is 0 Å². The molecular weight excluding hydrogens is 553 g/mol. The van der Waals surface area contributed by atoms with E-state index in [1.54, 1.807) is 18.0 Å². The number of rotatable bonds is 4. The summed E-state index contributed by atoms with van der Waals surface area (Å²) < 4.78 is 5.53. The molecule has 3 aromatic carbocycles. The molecular formula is C31H24Cl3N3O2. The van der Waals surface area contributed by atoms with Gasteiger partial charge in [-0.3, -0.25) is 4.79 Å². The summed E-state index contributed by atoms with van der Waals surface area (Å²) in [5.41, 5.74) is 5.46. The number of aryl methyl sites for hydroxylation is 1. The topological polar surface area (TPSA) is 58.7 Å². The number of fused-ring (bicyclic) bond motifs is 1. The molecule has 2 atom stereocenters. The molecule has 0 saturated heterocycles. The Labute approximate surface area is 241 Å². The van der Waals surface area contributed by atoms with Crippen LogP contribution in [-0.4, -0.2) is 21.8 Å². The predicted molar refractivity (Wildman–Crippen MR) is 156 cm³/mol. The van der Waals surface area contributed by atoms with E-state index in [0.29, 0.717) is 37.6 Å². The molecule has 2 unspecified atom stereocenters. The largest absolute Gasteiger partial charge is 0.360 e. The predicted octanol–water partition coefficient (Wildman–Crippen LogP) is 9.05. The standard InChI is InChI=1S/C31H24Cl3N3O2/c1-18-27(29(36-39-18)24-6-2-3-8-26(24)34)31(38)37-30(20-11-15-23(33)16-12-20)25-7-4-5-21(28(25)35-37)17-19-9-13-22(32)14-10-19/h2-3,6,8-17,25,30H,4-5,7H2,1H3/b21-17-. The molecule has 1 saturated carbocycles. The third-order valence-electron chi connectivity index (χ3n) is 7.34. The van der Waals surface area contributed by atoms with Gasteiger partial charge < -0.3 is 4.52 Å². The maximum Gasteiger partial charge on any atom is 0.280 e. The van der Waals surface area contributed by atoms with Crippen LogP contribution in [0.15, 0.2) is 88.0 Å². The van der Waals surface area contributed by atoms with Crippen LogP contribution in [0.25, 0.3) is 17.3 Å². The quantitative estimate of drug-likeness (QED) is 0.243. The summed E-state index contributed by atoms with van der Waals surface area (Å²) in [6.45, 7) is 1.74. The normalized spacial score (nSPS) is 19.7. The summed E-state index contributed by atoms with van der Waals surface area (Å²) >= 11 is 18.8. The summed E-state index contributed by atoms with van der Waals surface area (Å²) in [6.07, 6.45) is 4.93. The van der Waals surface area contributed by atoms with Gasteiger partial charge in [0.25, 0.3) is 5.91 Å². The molecule has 5 nitrogen and oxygen atoms in total. The van der Waals surface area contributed by atoms with E-state index < -0.39 is 0 Å². The lowest BCUT2D eigenvalue weighted by Gasteiger charge is -2.29. The number of carbonyl (C=O) groups excluding carboxylic acids is 1. The second kappa shape index (κ2) is 10.6. The maximum absolute atomic E-state index is 14.3. The van der Waals surface area contributed by atoms with Gasteiger partial charge in [-0.2, -0.15) is 5.10 Å². The van der Waals surface area contributed by atoms with Crippen LogP contribution in [-0.2, 0) is 0 Å². The molecule has 2 heterocycles. The minimum atomic E-state index is -0.299. The Morgan fingerprint density at radius 1 is 0.974 bits per heavy atom. The molecule has 0 radical (unpaired) electrons. The first-order valence-corrected chi connectivity index (χ1v) is 13.9. The zero-order chi connectivity index (χ0) is 27.1. The fourth-order valence-electron chi connectivity index (χ4n) is 5.50. The molecule has 1 fully saturated rings. The molecule has 1 aromatic heterocycles. The summed E-state index contributed by atoms with van der Waals surface area (Å²) in [6, 6.07) is 22.4. The van der Waals surface area contributed by atoms with Crippen LogP contribution in [0.1, 0.15) is 52.5 Å². The Morgan fingerprint density at radius 3 is 2.38 bits per heavy atom. The lowest BCUT2D eigenvalue weighted by atomic mass is 9.77. The van der Waals surface area contributed by atoms with E-state index in [-0.39, 0.29) is 17.9 Å². The fourth-order valence-corrected chi connectivity index (χ4v) is 5.97. The van der Waals surface area contributed by atoms with Gasteiger partial charge in [-0.05, 0) is 79.3 Å². The Hall–Kier alpha value is -3.38. The summed E-state index contributed by atoms with van der Waals surface area (Å²) in [5, 5.41) is 12.7. The van der Waals surface area contributed by atoms with Crippen LogP contribution in [0, 0.1) is 12.8 Å². The van der Waals surface area contributed by atoms with Crippen molar-refractivity contribution < 1.29 is 9.32 Å². The third-order valence-corrected chi connectivity index (χ3v) is 8.17. The highest BCUT2D eigenvalue weighted by Gasteiger charge is 2.45. The molecule has 39 heavy (non-hydrogen) atoms. The number of hydrogen-bond acceptors (Lipinski definition) is 4. The van der Waals surface area contributed by atoms with Gasteiger partial charge in [0.05, 0.1) is 16.8 Å². The summed E-state index contributed by atoms with van der Waals surface area (Å²) in [5.74, 6) is 0.166. The zero-order valence-electron chi connectivity index (χ0n) is 21.1. The lowest BCUT2D eigenvalue weighted by Crippen LogP contribution is -2.32. The van der Waals surface area contributed by atoms with Crippen molar-refractivity contribution in [2.75, 3.05) is 0 Å². The molecule has 8 heteroatoms. The zero-order valence-corrected chi connectivity index (χ0v) is 23.3.